The third kappa shape index (κ3) is 4.31. The van der Waals surface area contributed by atoms with Crippen molar-refractivity contribution in [3.05, 3.63) is 53.1 Å². The Kier molecular flexibility index (Phi) is 6.01. The van der Waals surface area contributed by atoms with Crippen LogP contribution in [0.3, 0.4) is 0 Å². The molecule has 1 N–H and O–H groups in total. The van der Waals surface area contributed by atoms with E-state index in [2.05, 4.69) is 5.32 Å². The minimum absolute atomic E-state index is 0.00121. The number of carbonyl (C=O) groups is 3. The van der Waals surface area contributed by atoms with Gasteiger partial charge in [0.05, 0.1) is 5.69 Å². The molecule has 6 heteroatoms. The van der Waals surface area contributed by atoms with Crippen LogP contribution in [0, 0.1) is 13.8 Å². The average Bonchev–Trinajstić information content (AvgIpc) is 2.68. The molecule has 2 aromatic carbocycles. The minimum Gasteiger partial charge on any atom is -0.479 e. The fourth-order valence-electron chi connectivity index (χ4n) is 3.45. The second-order valence-corrected chi connectivity index (χ2v) is 7.36. The Bertz CT molecular complexity index is 947. The summed E-state index contributed by atoms with van der Waals surface area (Å²) in [6, 6.07) is 10.8. The van der Waals surface area contributed by atoms with Gasteiger partial charge in [0.2, 0.25) is 5.91 Å². The highest BCUT2D eigenvalue weighted by Gasteiger charge is 2.33. The Hall–Kier alpha value is -3.15. The van der Waals surface area contributed by atoms with Crippen LogP contribution in [-0.4, -0.2) is 30.2 Å². The van der Waals surface area contributed by atoms with Crippen molar-refractivity contribution >= 4 is 29.0 Å². The number of ketones is 1. The summed E-state index contributed by atoms with van der Waals surface area (Å²) in [6.07, 6.45) is 0.467. The number of anilines is 2. The van der Waals surface area contributed by atoms with E-state index >= 15 is 0 Å². The summed E-state index contributed by atoms with van der Waals surface area (Å²) < 4.78 is 5.67. The number of ether oxygens (including phenoxy) is 1. The number of aryl methyl sites for hydroxylation is 2. The molecule has 0 fully saturated rings. The molecule has 0 aromatic heterocycles. The summed E-state index contributed by atoms with van der Waals surface area (Å²) in [5, 5.41) is 2.91. The quantitative estimate of drug-likeness (QED) is 0.751. The highest BCUT2D eigenvalue weighted by molar-refractivity contribution is 6.07. The minimum atomic E-state index is -0.701. The lowest BCUT2D eigenvalue weighted by Crippen LogP contribution is -2.47. The van der Waals surface area contributed by atoms with Crippen molar-refractivity contribution in [1.82, 2.24) is 0 Å². The molecular formula is C23H26N2O4. The summed E-state index contributed by atoms with van der Waals surface area (Å²) in [5.74, 6) is -0.123. The van der Waals surface area contributed by atoms with Crippen LogP contribution in [-0.2, 0) is 9.59 Å². The van der Waals surface area contributed by atoms with Gasteiger partial charge in [-0.3, -0.25) is 19.3 Å². The Balaban J connectivity index is 1.88. The summed E-state index contributed by atoms with van der Waals surface area (Å²) in [6.45, 7) is 7.28. The molecule has 1 atom stereocenters. The number of Topliss-reactive ketones (excluding diaryl/α,β-unsaturated/α-hetero) is 1. The molecule has 0 saturated carbocycles. The van der Waals surface area contributed by atoms with E-state index in [1.54, 1.807) is 25.1 Å². The van der Waals surface area contributed by atoms with Crippen LogP contribution < -0.4 is 15.0 Å². The van der Waals surface area contributed by atoms with Gasteiger partial charge in [0.15, 0.2) is 11.9 Å². The normalized spacial score (nSPS) is 15.5. The number of rotatable bonds is 6. The van der Waals surface area contributed by atoms with Gasteiger partial charge in [-0.1, -0.05) is 25.1 Å². The number of fused-ring (bicyclic) bond motifs is 1. The first-order chi connectivity index (χ1) is 13.8. The maximum Gasteiger partial charge on any atom is 0.268 e. The average molecular weight is 394 g/mol. The molecule has 2 amide bonds. The summed E-state index contributed by atoms with van der Waals surface area (Å²) in [5.41, 5.74) is 3.61. The van der Waals surface area contributed by atoms with E-state index < -0.39 is 6.10 Å². The highest BCUT2D eigenvalue weighted by atomic mass is 16.5. The maximum absolute atomic E-state index is 12.8. The van der Waals surface area contributed by atoms with Gasteiger partial charge in [0.1, 0.15) is 12.3 Å². The fourth-order valence-corrected chi connectivity index (χ4v) is 3.45. The molecule has 1 aliphatic heterocycles. The van der Waals surface area contributed by atoms with Crippen molar-refractivity contribution in [3.63, 3.8) is 0 Å². The Morgan fingerprint density at radius 1 is 1.14 bits per heavy atom. The third-order valence-electron chi connectivity index (χ3n) is 5.01. The zero-order valence-electron chi connectivity index (χ0n) is 17.2. The Morgan fingerprint density at radius 3 is 2.48 bits per heavy atom. The van der Waals surface area contributed by atoms with Gasteiger partial charge >= 0.3 is 0 Å². The molecule has 1 aliphatic rings. The molecule has 1 heterocycles. The first-order valence-electron chi connectivity index (χ1n) is 9.83. The van der Waals surface area contributed by atoms with E-state index in [9.17, 15) is 14.4 Å². The summed E-state index contributed by atoms with van der Waals surface area (Å²) in [4.78, 5) is 39.2. The number of nitrogens with zero attached hydrogens (tertiary/aromatic N) is 1. The monoisotopic (exact) mass is 394 g/mol. The van der Waals surface area contributed by atoms with Gasteiger partial charge in [0, 0.05) is 17.7 Å². The lowest BCUT2D eigenvalue weighted by Gasteiger charge is -2.33. The Morgan fingerprint density at radius 2 is 1.83 bits per heavy atom. The zero-order valence-corrected chi connectivity index (χ0v) is 17.2. The van der Waals surface area contributed by atoms with Gasteiger partial charge in [0.25, 0.3) is 5.91 Å². The molecular weight excluding hydrogens is 368 g/mol. The van der Waals surface area contributed by atoms with Crippen LogP contribution in [0.2, 0.25) is 0 Å². The topological polar surface area (TPSA) is 75.7 Å². The van der Waals surface area contributed by atoms with Crippen LogP contribution in [0.5, 0.6) is 5.75 Å². The molecule has 0 spiro atoms. The first kappa shape index (κ1) is 20.6. The molecule has 29 heavy (non-hydrogen) atoms. The molecule has 0 bridgehead atoms. The van der Waals surface area contributed by atoms with Gasteiger partial charge in [-0.15, -0.1) is 0 Å². The number of carbonyl (C=O) groups excluding carboxylic acids is 3. The summed E-state index contributed by atoms with van der Waals surface area (Å²) in [7, 11) is 0. The van der Waals surface area contributed by atoms with Gasteiger partial charge < -0.3 is 10.1 Å². The number of amides is 2. The van der Waals surface area contributed by atoms with E-state index in [4.69, 9.17) is 4.74 Å². The van der Waals surface area contributed by atoms with Gasteiger partial charge in [-0.25, -0.2) is 0 Å². The summed E-state index contributed by atoms with van der Waals surface area (Å²) >= 11 is 0. The van der Waals surface area contributed by atoms with Crippen LogP contribution in [0.15, 0.2) is 36.4 Å². The molecule has 152 valence electrons. The van der Waals surface area contributed by atoms with E-state index in [0.29, 0.717) is 23.4 Å². The van der Waals surface area contributed by atoms with Crippen molar-refractivity contribution < 1.29 is 19.1 Å². The molecule has 0 aliphatic carbocycles. The molecule has 0 radical (unpaired) electrons. The maximum atomic E-state index is 12.8. The Labute approximate surface area is 170 Å². The number of para-hydroxylation sites is 1. The molecule has 1 unspecified atom stereocenters. The van der Waals surface area contributed by atoms with Crippen LogP contribution in [0.1, 0.15) is 48.2 Å². The molecule has 2 aromatic rings. The van der Waals surface area contributed by atoms with Crippen LogP contribution in [0.25, 0.3) is 0 Å². The number of nitrogens with one attached hydrogen (secondary N) is 1. The molecule has 0 saturated heterocycles. The van der Waals surface area contributed by atoms with Crippen LogP contribution >= 0.6 is 0 Å². The van der Waals surface area contributed by atoms with Gasteiger partial charge in [-0.2, -0.15) is 0 Å². The van der Waals surface area contributed by atoms with Crippen molar-refractivity contribution in [1.29, 1.82) is 0 Å². The third-order valence-corrected chi connectivity index (χ3v) is 5.01. The number of benzene rings is 2. The largest absolute Gasteiger partial charge is 0.479 e. The van der Waals surface area contributed by atoms with Crippen molar-refractivity contribution in [2.45, 2.75) is 46.6 Å². The van der Waals surface area contributed by atoms with E-state index in [0.717, 1.165) is 23.2 Å². The van der Waals surface area contributed by atoms with E-state index in [-0.39, 0.29) is 24.1 Å². The predicted octanol–water partition coefficient (Wildman–Crippen LogP) is 4.04. The standard InChI is InChI=1S/C23H26N2O4/c1-5-7-19(26)17-10-11-20-18(12-17)25(23(28)16(4)29-20)13-21(27)24-22-14(2)8-6-9-15(22)3/h6,8-12,16H,5,7,13H2,1-4H3,(H,24,27). The predicted molar refractivity (Wildman–Crippen MR) is 113 cm³/mol. The zero-order chi connectivity index (χ0) is 21.1. The number of hydrogen-bond donors (Lipinski definition) is 1. The van der Waals surface area contributed by atoms with E-state index in [1.165, 1.54) is 4.90 Å². The SMILES string of the molecule is CCCC(=O)c1ccc2c(c1)N(CC(=O)Nc1c(C)cccc1C)C(=O)C(C)O2. The lowest BCUT2D eigenvalue weighted by molar-refractivity contribution is -0.127. The van der Waals surface area contributed by atoms with Crippen molar-refractivity contribution in [2.24, 2.45) is 0 Å². The number of hydrogen-bond acceptors (Lipinski definition) is 4. The van der Waals surface area contributed by atoms with Crippen molar-refractivity contribution in [3.8, 4) is 5.75 Å². The first-order valence-corrected chi connectivity index (χ1v) is 9.83. The van der Waals surface area contributed by atoms with Crippen LogP contribution in [0.4, 0.5) is 11.4 Å². The molecule has 3 rings (SSSR count). The highest BCUT2D eigenvalue weighted by Crippen LogP contribution is 2.35. The second-order valence-electron chi connectivity index (χ2n) is 7.36. The van der Waals surface area contributed by atoms with Gasteiger partial charge in [-0.05, 0) is 56.5 Å². The second kappa shape index (κ2) is 8.47. The fraction of sp³-hybridized carbons (Fsp3) is 0.348. The lowest BCUT2D eigenvalue weighted by atomic mass is 10.0. The van der Waals surface area contributed by atoms with Crippen molar-refractivity contribution in [2.75, 3.05) is 16.8 Å². The smallest absolute Gasteiger partial charge is 0.268 e. The van der Waals surface area contributed by atoms with E-state index in [1.807, 2.05) is 39.0 Å². The molecule has 6 nitrogen and oxygen atoms in total.